The number of aryl methyl sites for hydroxylation is 1. The molecule has 8 heteroatoms. The zero-order chi connectivity index (χ0) is 20.2. The fourth-order valence-corrected chi connectivity index (χ4v) is 6.76. The van der Waals surface area contributed by atoms with E-state index in [0.717, 1.165) is 56.6 Å². The molecule has 29 heavy (non-hydrogen) atoms. The summed E-state index contributed by atoms with van der Waals surface area (Å²) in [5, 5.41) is 13.2. The summed E-state index contributed by atoms with van der Waals surface area (Å²) in [7, 11) is 0. The number of thiophene rings is 1. The number of carbonyl (C=O) groups is 1. The van der Waals surface area contributed by atoms with Crippen molar-refractivity contribution in [1.82, 2.24) is 4.98 Å². The smallest absolute Gasteiger partial charge is 0.225 e. The molecule has 0 spiro atoms. The SMILES string of the molecule is CCOc1ccc2nc(SCCC(=O)Nc3sc4c(c3C#N)CCCC4)sc2c1. The van der Waals surface area contributed by atoms with Gasteiger partial charge in [0.15, 0.2) is 4.34 Å². The summed E-state index contributed by atoms with van der Waals surface area (Å²) >= 11 is 4.77. The lowest BCUT2D eigenvalue weighted by Crippen LogP contribution is -2.12. The van der Waals surface area contributed by atoms with Crippen LogP contribution in [-0.4, -0.2) is 23.3 Å². The number of rotatable bonds is 7. The van der Waals surface area contributed by atoms with Crippen LogP contribution >= 0.6 is 34.4 Å². The normalized spacial score (nSPS) is 13.1. The number of thiazole rings is 1. The van der Waals surface area contributed by atoms with Crippen LogP contribution in [0.5, 0.6) is 5.75 Å². The summed E-state index contributed by atoms with van der Waals surface area (Å²) in [6.07, 6.45) is 4.64. The number of nitrogens with one attached hydrogen (secondary N) is 1. The number of fused-ring (bicyclic) bond motifs is 2. The van der Waals surface area contributed by atoms with Crippen LogP contribution in [-0.2, 0) is 17.6 Å². The molecule has 0 radical (unpaired) electrons. The number of benzene rings is 1. The lowest BCUT2D eigenvalue weighted by molar-refractivity contribution is -0.115. The van der Waals surface area contributed by atoms with Crippen LogP contribution < -0.4 is 10.1 Å². The summed E-state index contributed by atoms with van der Waals surface area (Å²) in [4.78, 5) is 18.3. The summed E-state index contributed by atoms with van der Waals surface area (Å²) in [5.74, 6) is 1.45. The van der Waals surface area contributed by atoms with Crippen molar-refractivity contribution in [3.8, 4) is 11.8 Å². The van der Waals surface area contributed by atoms with E-state index in [2.05, 4.69) is 16.4 Å². The van der Waals surface area contributed by atoms with Gasteiger partial charge in [0.25, 0.3) is 0 Å². The summed E-state index contributed by atoms with van der Waals surface area (Å²) < 4.78 is 7.58. The molecule has 1 N–H and O–H groups in total. The Hall–Kier alpha value is -2.08. The van der Waals surface area contributed by atoms with Gasteiger partial charge in [0.2, 0.25) is 5.91 Å². The number of carbonyl (C=O) groups excluding carboxylic acids is 1. The van der Waals surface area contributed by atoms with Gasteiger partial charge in [-0.1, -0.05) is 11.8 Å². The van der Waals surface area contributed by atoms with Crippen LogP contribution in [0.25, 0.3) is 10.2 Å². The molecule has 0 unspecified atom stereocenters. The minimum atomic E-state index is -0.0488. The maximum atomic E-state index is 12.4. The highest BCUT2D eigenvalue weighted by atomic mass is 32.2. The van der Waals surface area contributed by atoms with Crippen molar-refractivity contribution in [2.45, 2.75) is 43.4 Å². The quantitative estimate of drug-likeness (QED) is 0.479. The topological polar surface area (TPSA) is 75.0 Å². The number of aromatic nitrogens is 1. The second-order valence-electron chi connectivity index (χ2n) is 6.72. The van der Waals surface area contributed by atoms with E-state index >= 15 is 0 Å². The van der Waals surface area contributed by atoms with Crippen molar-refractivity contribution < 1.29 is 9.53 Å². The van der Waals surface area contributed by atoms with E-state index in [1.807, 2.05) is 25.1 Å². The van der Waals surface area contributed by atoms with Gasteiger partial charge < -0.3 is 10.1 Å². The predicted octanol–water partition coefficient (Wildman–Crippen LogP) is 5.63. The van der Waals surface area contributed by atoms with Gasteiger partial charge in [-0.15, -0.1) is 22.7 Å². The minimum Gasteiger partial charge on any atom is -0.494 e. The Bertz CT molecular complexity index is 1080. The molecule has 0 aliphatic heterocycles. The Balaban J connectivity index is 1.34. The molecular formula is C21H21N3O2S3. The number of anilines is 1. The molecule has 0 atom stereocenters. The number of hydrogen-bond acceptors (Lipinski definition) is 7. The van der Waals surface area contributed by atoms with Gasteiger partial charge in [-0.25, -0.2) is 4.98 Å². The van der Waals surface area contributed by atoms with E-state index in [9.17, 15) is 10.1 Å². The Kier molecular flexibility index (Phi) is 6.38. The average Bonchev–Trinajstić information content (AvgIpc) is 3.27. The van der Waals surface area contributed by atoms with Gasteiger partial charge in [-0.05, 0) is 56.4 Å². The van der Waals surface area contributed by atoms with Crippen LogP contribution in [0.1, 0.15) is 42.2 Å². The van der Waals surface area contributed by atoms with E-state index < -0.39 is 0 Å². The zero-order valence-electron chi connectivity index (χ0n) is 16.1. The minimum absolute atomic E-state index is 0.0488. The molecule has 0 fully saturated rings. The summed E-state index contributed by atoms with van der Waals surface area (Å²) in [6, 6.07) is 8.20. The maximum absolute atomic E-state index is 12.4. The van der Waals surface area contributed by atoms with Crippen molar-refractivity contribution in [3.63, 3.8) is 0 Å². The van der Waals surface area contributed by atoms with E-state index in [1.165, 1.54) is 4.88 Å². The highest BCUT2D eigenvalue weighted by Crippen LogP contribution is 2.38. The maximum Gasteiger partial charge on any atom is 0.225 e. The standard InChI is InChI=1S/C21H21N3O2S3/c1-2-26-13-7-8-16-18(11-13)29-21(23-16)27-10-9-19(25)24-20-15(12-22)14-5-3-4-6-17(14)28-20/h7-8,11H,2-6,9-10H2,1H3,(H,24,25). The molecule has 5 nitrogen and oxygen atoms in total. The molecule has 0 saturated carbocycles. The van der Waals surface area contributed by atoms with Gasteiger partial charge in [0.1, 0.15) is 16.8 Å². The Labute approximate surface area is 182 Å². The van der Waals surface area contributed by atoms with Crippen LogP contribution in [0.3, 0.4) is 0 Å². The van der Waals surface area contributed by atoms with Gasteiger partial charge >= 0.3 is 0 Å². The van der Waals surface area contributed by atoms with E-state index in [0.29, 0.717) is 24.3 Å². The number of nitrogens with zero attached hydrogens (tertiary/aromatic N) is 2. The van der Waals surface area contributed by atoms with E-state index in [-0.39, 0.29) is 5.91 Å². The van der Waals surface area contributed by atoms with Gasteiger partial charge in [0.05, 0.1) is 22.4 Å². The third kappa shape index (κ3) is 4.58. The monoisotopic (exact) mass is 443 g/mol. The number of hydrogen-bond donors (Lipinski definition) is 1. The highest BCUT2D eigenvalue weighted by molar-refractivity contribution is 8.01. The first kappa shape index (κ1) is 20.2. The molecule has 150 valence electrons. The molecule has 1 aromatic carbocycles. The number of thioether (sulfide) groups is 1. The second kappa shape index (κ2) is 9.16. The summed E-state index contributed by atoms with van der Waals surface area (Å²) in [5.41, 5.74) is 2.77. The van der Waals surface area contributed by atoms with Crippen molar-refractivity contribution in [1.29, 1.82) is 5.26 Å². The molecule has 1 amide bonds. The third-order valence-electron chi connectivity index (χ3n) is 4.74. The number of ether oxygens (including phenoxy) is 1. The molecule has 1 aliphatic rings. The fourth-order valence-electron chi connectivity index (χ4n) is 3.39. The van der Waals surface area contributed by atoms with Crippen molar-refractivity contribution in [2.24, 2.45) is 0 Å². The van der Waals surface area contributed by atoms with Crippen molar-refractivity contribution in [2.75, 3.05) is 17.7 Å². The Morgan fingerprint density at radius 2 is 2.21 bits per heavy atom. The van der Waals surface area contributed by atoms with Crippen molar-refractivity contribution in [3.05, 3.63) is 34.2 Å². The molecule has 0 bridgehead atoms. The van der Waals surface area contributed by atoms with Gasteiger partial charge in [-0.3, -0.25) is 4.79 Å². The lowest BCUT2D eigenvalue weighted by Gasteiger charge is -2.09. The van der Waals surface area contributed by atoms with Crippen LogP contribution in [0, 0.1) is 11.3 Å². The van der Waals surface area contributed by atoms with E-state index in [1.54, 1.807) is 34.4 Å². The molecule has 1 aliphatic carbocycles. The van der Waals surface area contributed by atoms with Gasteiger partial charge in [-0.2, -0.15) is 5.26 Å². The predicted molar refractivity (Wildman–Crippen MR) is 120 cm³/mol. The number of nitriles is 1. The molecule has 2 aromatic heterocycles. The fraction of sp³-hybridized carbons (Fsp3) is 0.381. The Morgan fingerprint density at radius 1 is 1.34 bits per heavy atom. The second-order valence-corrected chi connectivity index (χ2v) is 10.2. The number of amides is 1. The average molecular weight is 444 g/mol. The molecular weight excluding hydrogens is 422 g/mol. The molecule has 2 heterocycles. The third-order valence-corrected chi connectivity index (χ3v) is 8.11. The van der Waals surface area contributed by atoms with Crippen molar-refractivity contribution >= 4 is 55.6 Å². The molecule has 0 saturated heterocycles. The highest BCUT2D eigenvalue weighted by Gasteiger charge is 2.21. The largest absolute Gasteiger partial charge is 0.494 e. The first-order valence-electron chi connectivity index (χ1n) is 9.68. The first-order valence-corrected chi connectivity index (χ1v) is 12.3. The lowest BCUT2D eigenvalue weighted by atomic mass is 9.96. The molecule has 3 aromatic rings. The van der Waals surface area contributed by atoms with Crippen LogP contribution in [0.15, 0.2) is 22.5 Å². The van der Waals surface area contributed by atoms with E-state index in [4.69, 9.17) is 4.74 Å². The van der Waals surface area contributed by atoms with Crippen LogP contribution in [0.2, 0.25) is 0 Å². The Morgan fingerprint density at radius 3 is 3.03 bits per heavy atom. The summed E-state index contributed by atoms with van der Waals surface area (Å²) in [6.45, 7) is 2.61. The zero-order valence-corrected chi connectivity index (χ0v) is 18.6. The van der Waals surface area contributed by atoms with Gasteiger partial charge in [0, 0.05) is 17.1 Å². The first-order chi connectivity index (χ1) is 14.2. The molecule has 4 rings (SSSR count). The van der Waals surface area contributed by atoms with Crippen LogP contribution in [0.4, 0.5) is 5.00 Å².